The van der Waals surface area contributed by atoms with Crippen LogP contribution in [0.25, 0.3) is 0 Å². The normalized spacial score (nSPS) is 13.9. The van der Waals surface area contributed by atoms with Crippen molar-refractivity contribution in [2.75, 3.05) is 29.9 Å². The van der Waals surface area contributed by atoms with Crippen LogP contribution in [0.5, 0.6) is 0 Å². The number of rotatable bonds is 5. The van der Waals surface area contributed by atoms with E-state index in [1.54, 1.807) is 18.3 Å². The monoisotopic (exact) mass is 392 g/mol. The second-order valence-corrected chi connectivity index (χ2v) is 6.38. The molecule has 3 rings (SSSR count). The summed E-state index contributed by atoms with van der Waals surface area (Å²) in [6.45, 7) is 1.13. The second-order valence-electron chi connectivity index (χ2n) is 6.38. The summed E-state index contributed by atoms with van der Waals surface area (Å²) >= 11 is 0. The number of amides is 2. The molecule has 2 N–H and O–H groups in total. The Labute approximate surface area is 159 Å². The Hall–Kier alpha value is -3.10. The summed E-state index contributed by atoms with van der Waals surface area (Å²) in [5, 5.41) is 4.54. The minimum atomic E-state index is -1.68. The number of anilines is 2. The van der Waals surface area contributed by atoms with Crippen molar-refractivity contribution in [2.45, 2.75) is 19.3 Å². The molecule has 2 aromatic rings. The first kappa shape index (κ1) is 19.7. The van der Waals surface area contributed by atoms with Gasteiger partial charge in [0.25, 0.3) is 5.91 Å². The lowest BCUT2D eigenvalue weighted by Crippen LogP contribution is -2.36. The first-order chi connectivity index (χ1) is 13.5. The molecule has 1 aliphatic rings. The van der Waals surface area contributed by atoms with Crippen molar-refractivity contribution >= 4 is 23.3 Å². The SMILES string of the molecule is O=C(CNC(=O)c1cccnc1N1CCCCC1)Nc1ccc(F)c(F)c1F. The topological polar surface area (TPSA) is 74.3 Å². The predicted octanol–water partition coefficient (Wildman–Crippen LogP) is 2.86. The van der Waals surface area contributed by atoms with Gasteiger partial charge < -0.3 is 15.5 Å². The molecule has 0 spiro atoms. The Kier molecular flexibility index (Phi) is 6.13. The average Bonchev–Trinajstić information content (AvgIpc) is 2.73. The molecule has 148 valence electrons. The summed E-state index contributed by atoms with van der Waals surface area (Å²) in [5.41, 5.74) is -0.176. The number of pyridine rings is 1. The molecule has 1 aliphatic heterocycles. The Bertz CT molecular complexity index is 885. The van der Waals surface area contributed by atoms with Crippen LogP contribution in [-0.4, -0.2) is 36.4 Å². The zero-order valence-electron chi connectivity index (χ0n) is 15.0. The molecule has 1 saturated heterocycles. The van der Waals surface area contributed by atoms with Crippen molar-refractivity contribution in [3.63, 3.8) is 0 Å². The van der Waals surface area contributed by atoms with Gasteiger partial charge in [0, 0.05) is 19.3 Å². The second kappa shape index (κ2) is 8.73. The molecule has 9 heteroatoms. The lowest BCUT2D eigenvalue weighted by atomic mass is 10.1. The maximum Gasteiger partial charge on any atom is 0.255 e. The summed E-state index contributed by atoms with van der Waals surface area (Å²) in [4.78, 5) is 30.7. The van der Waals surface area contributed by atoms with Crippen molar-refractivity contribution in [3.8, 4) is 0 Å². The highest BCUT2D eigenvalue weighted by Crippen LogP contribution is 2.22. The van der Waals surface area contributed by atoms with Crippen molar-refractivity contribution in [1.82, 2.24) is 10.3 Å². The number of piperidine rings is 1. The Morgan fingerprint density at radius 3 is 2.54 bits per heavy atom. The molecule has 0 unspecified atom stereocenters. The zero-order chi connectivity index (χ0) is 20.1. The van der Waals surface area contributed by atoms with E-state index in [9.17, 15) is 22.8 Å². The number of hydrogen-bond acceptors (Lipinski definition) is 4. The van der Waals surface area contributed by atoms with E-state index in [4.69, 9.17) is 0 Å². The van der Waals surface area contributed by atoms with E-state index >= 15 is 0 Å². The summed E-state index contributed by atoms with van der Waals surface area (Å²) in [5.74, 6) is -5.27. The molecular formula is C19H19F3N4O2. The predicted molar refractivity (Wildman–Crippen MR) is 97.6 cm³/mol. The Morgan fingerprint density at radius 1 is 1.04 bits per heavy atom. The maximum absolute atomic E-state index is 13.6. The Balaban J connectivity index is 1.63. The number of carbonyl (C=O) groups is 2. The minimum Gasteiger partial charge on any atom is -0.356 e. The van der Waals surface area contributed by atoms with E-state index in [1.807, 2.05) is 4.90 Å². The van der Waals surface area contributed by atoms with E-state index in [0.29, 0.717) is 17.4 Å². The summed E-state index contributed by atoms with van der Waals surface area (Å²) in [7, 11) is 0. The van der Waals surface area contributed by atoms with E-state index < -0.39 is 41.5 Å². The number of halogens is 3. The van der Waals surface area contributed by atoms with Gasteiger partial charge >= 0.3 is 0 Å². The van der Waals surface area contributed by atoms with Crippen molar-refractivity contribution in [1.29, 1.82) is 0 Å². The smallest absolute Gasteiger partial charge is 0.255 e. The van der Waals surface area contributed by atoms with Gasteiger partial charge in [-0.2, -0.15) is 0 Å². The highest BCUT2D eigenvalue weighted by atomic mass is 19.2. The molecule has 1 fully saturated rings. The molecule has 1 aromatic carbocycles. The number of hydrogen-bond donors (Lipinski definition) is 2. The van der Waals surface area contributed by atoms with Crippen LogP contribution in [0.1, 0.15) is 29.6 Å². The molecule has 0 atom stereocenters. The van der Waals surface area contributed by atoms with E-state index in [1.165, 1.54) is 0 Å². The zero-order valence-corrected chi connectivity index (χ0v) is 15.0. The van der Waals surface area contributed by atoms with Crippen LogP contribution in [0, 0.1) is 17.5 Å². The lowest BCUT2D eigenvalue weighted by Gasteiger charge is -2.29. The maximum atomic E-state index is 13.6. The molecule has 2 heterocycles. The van der Waals surface area contributed by atoms with Crippen LogP contribution >= 0.6 is 0 Å². The summed E-state index contributed by atoms with van der Waals surface area (Å²) in [6.07, 6.45) is 4.75. The third-order valence-corrected chi connectivity index (χ3v) is 4.41. The van der Waals surface area contributed by atoms with Crippen LogP contribution in [0.4, 0.5) is 24.7 Å². The lowest BCUT2D eigenvalue weighted by molar-refractivity contribution is -0.115. The van der Waals surface area contributed by atoms with E-state index in [0.717, 1.165) is 38.4 Å². The number of nitrogens with one attached hydrogen (secondary N) is 2. The Morgan fingerprint density at radius 2 is 1.79 bits per heavy atom. The molecule has 0 radical (unpaired) electrons. The third-order valence-electron chi connectivity index (χ3n) is 4.41. The van der Waals surface area contributed by atoms with Crippen LogP contribution in [0.3, 0.4) is 0 Å². The third kappa shape index (κ3) is 4.41. The van der Waals surface area contributed by atoms with Crippen molar-refractivity contribution in [2.24, 2.45) is 0 Å². The van der Waals surface area contributed by atoms with Gasteiger partial charge in [-0.15, -0.1) is 0 Å². The van der Waals surface area contributed by atoms with Gasteiger partial charge in [0.15, 0.2) is 17.5 Å². The fraction of sp³-hybridized carbons (Fsp3) is 0.316. The van der Waals surface area contributed by atoms with Gasteiger partial charge in [0.2, 0.25) is 5.91 Å². The van der Waals surface area contributed by atoms with Crippen LogP contribution in [-0.2, 0) is 4.79 Å². The fourth-order valence-electron chi connectivity index (χ4n) is 3.00. The number of nitrogens with zero attached hydrogens (tertiary/aromatic N) is 2. The van der Waals surface area contributed by atoms with Gasteiger partial charge in [-0.05, 0) is 43.5 Å². The van der Waals surface area contributed by atoms with Crippen LogP contribution in [0.15, 0.2) is 30.5 Å². The molecule has 6 nitrogen and oxygen atoms in total. The number of aromatic nitrogens is 1. The first-order valence-electron chi connectivity index (χ1n) is 8.89. The van der Waals surface area contributed by atoms with Gasteiger partial charge in [-0.3, -0.25) is 9.59 Å². The first-order valence-corrected chi connectivity index (χ1v) is 8.89. The molecule has 0 saturated carbocycles. The standard InChI is InChI=1S/C19H19F3N4O2/c20-13-6-7-14(17(22)16(13)21)25-15(27)11-24-19(28)12-5-4-8-23-18(12)26-9-2-1-3-10-26/h4-8H,1-3,9-11H2,(H,24,28)(H,25,27). The molecule has 0 bridgehead atoms. The largest absolute Gasteiger partial charge is 0.356 e. The molecule has 2 amide bonds. The van der Waals surface area contributed by atoms with Crippen molar-refractivity contribution < 1.29 is 22.8 Å². The van der Waals surface area contributed by atoms with Gasteiger partial charge in [-0.25, -0.2) is 18.2 Å². The summed E-state index contributed by atoms with van der Waals surface area (Å²) in [6, 6.07) is 4.84. The molecule has 0 aliphatic carbocycles. The quantitative estimate of drug-likeness (QED) is 0.768. The highest BCUT2D eigenvalue weighted by molar-refractivity contribution is 6.02. The average molecular weight is 392 g/mol. The van der Waals surface area contributed by atoms with Crippen molar-refractivity contribution in [3.05, 3.63) is 53.5 Å². The fourth-order valence-corrected chi connectivity index (χ4v) is 3.00. The molecule has 1 aromatic heterocycles. The molecule has 28 heavy (non-hydrogen) atoms. The summed E-state index contributed by atoms with van der Waals surface area (Å²) < 4.78 is 39.8. The van der Waals surface area contributed by atoms with E-state index in [-0.39, 0.29) is 0 Å². The van der Waals surface area contributed by atoms with Gasteiger partial charge in [-0.1, -0.05) is 0 Å². The molecular weight excluding hydrogens is 373 g/mol. The number of carbonyl (C=O) groups excluding carboxylic acids is 2. The van der Waals surface area contributed by atoms with Gasteiger partial charge in [0.1, 0.15) is 5.82 Å². The highest BCUT2D eigenvalue weighted by Gasteiger charge is 2.20. The van der Waals surface area contributed by atoms with E-state index in [2.05, 4.69) is 15.6 Å². The van der Waals surface area contributed by atoms with Gasteiger partial charge in [0.05, 0.1) is 17.8 Å². The number of benzene rings is 1. The van der Waals surface area contributed by atoms with Crippen LogP contribution in [0.2, 0.25) is 0 Å². The minimum absolute atomic E-state index is 0.330. The van der Waals surface area contributed by atoms with Crippen LogP contribution < -0.4 is 15.5 Å².